The van der Waals surface area contributed by atoms with E-state index in [1.54, 1.807) is 0 Å². The molecular formula is C12H9BrCl3NS. The Bertz CT molecular complexity index is 531. The van der Waals surface area contributed by atoms with Gasteiger partial charge < -0.3 is 5.32 Å². The SMILES string of the molecule is CNC(c1cc(Br)c(Cl)s1)c1c(Cl)cccc1Cl. The monoisotopic (exact) mass is 383 g/mol. The molecule has 6 heteroatoms. The zero-order valence-corrected chi connectivity index (χ0v) is 14.0. The van der Waals surface area contributed by atoms with Crippen molar-refractivity contribution in [3.63, 3.8) is 0 Å². The first kappa shape index (κ1) is 14.6. The highest BCUT2D eigenvalue weighted by Crippen LogP contribution is 2.40. The standard InChI is InChI=1S/C12H9BrCl3NS/c1-17-11(9-5-6(13)12(16)18-9)10-7(14)3-2-4-8(10)15/h2-5,11,17H,1H3. The van der Waals surface area contributed by atoms with E-state index in [9.17, 15) is 0 Å². The van der Waals surface area contributed by atoms with E-state index in [-0.39, 0.29) is 6.04 Å². The molecule has 0 saturated heterocycles. The van der Waals surface area contributed by atoms with Crippen LogP contribution in [0, 0.1) is 0 Å². The van der Waals surface area contributed by atoms with E-state index < -0.39 is 0 Å². The summed E-state index contributed by atoms with van der Waals surface area (Å²) in [7, 11) is 1.87. The second-order valence-corrected chi connectivity index (χ2v) is 6.98. The third-order valence-electron chi connectivity index (χ3n) is 2.53. The van der Waals surface area contributed by atoms with Gasteiger partial charge in [0.15, 0.2) is 0 Å². The minimum atomic E-state index is -0.0694. The summed E-state index contributed by atoms with van der Waals surface area (Å²) >= 11 is 23.5. The van der Waals surface area contributed by atoms with E-state index in [1.807, 2.05) is 31.3 Å². The predicted octanol–water partition coefficient (Wildman–Crippen LogP) is 5.78. The number of thiophene rings is 1. The van der Waals surface area contributed by atoms with Gasteiger partial charge in [0.05, 0.1) is 6.04 Å². The average Bonchev–Trinajstić information content (AvgIpc) is 2.64. The Hall–Kier alpha value is 0.230. The van der Waals surface area contributed by atoms with Crippen LogP contribution in [0.4, 0.5) is 0 Å². The zero-order valence-electron chi connectivity index (χ0n) is 9.31. The quantitative estimate of drug-likeness (QED) is 0.706. The molecule has 0 radical (unpaired) electrons. The average molecular weight is 386 g/mol. The number of halogens is 4. The molecule has 0 aliphatic heterocycles. The van der Waals surface area contributed by atoms with Crippen LogP contribution in [0.5, 0.6) is 0 Å². The topological polar surface area (TPSA) is 12.0 Å². The summed E-state index contributed by atoms with van der Waals surface area (Å²) in [5.74, 6) is 0. The fourth-order valence-electron chi connectivity index (χ4n) is 1.72. The number of benzene rings is 1. The molecule has 1 aromatic heterocycles. The van der Waals surface area contributed by atoms with Gasteiger partial charge in [0, 0.05) is 25.0 Å². The first-order valence-electron chi connectivity index (χ1n) is 5.10. The Morgan fingerprint density at radius 1 is 1.22 bits per heavy atom. The molecule has 1 atom stereocenters. The van der Waals surface area contributed by atoms with Crippen LogP contribution in [-0.4, -0.2) is 7.05 Å². The third-order valence-corrected chi connectivity index (χ3v) is 5.72. The van der Waals surface area contributed by atoms with E-state index in [1.165, 1.54) is 11.3 Å². The number of hydrogen-bond acceptors (Lipinski definition) is 2. The third kappa shape index (κ3) is 2.87. The molecule has 1 aromatic carbocycles. The van der Waals surface area contributed by atoms with Crippen LogP contribution in [0.2, 0.25) is 14.4 Å². The number of nitrogens with one attached hydrogen (secondary N) is 1. The van der Waals surface area contributed by atoms with E-state index >= 15 is 0 Å². The van der Waals surface area contributed by atoms with Gasteiger partial charge in [0.1, 0.15) is 4.34 Å². The number of rotatable bonds is 3. The molecule has 0 aliphatic carbocycles. The molecule has 0 amide bonds. The summed E-state index contributed by atoms with van der Waals surface area (Å²) in [5, 5.41) is 4.50. The van der Waals surface area contributed by atoms with Crippen molar-refractivity contribution in [2.45, 2.75) is 6.04 Å². The van der Waals surface area contributed by atoms with Crippen molar-refractivity contribution in [3.8, 4) is 0 Å². The highest BCUT2D eigenvalue weighted by Gasteiger charge is 2.21. The van der Waals surface area contributed by atoms with Crippen molar-refractivity contribution in [1.29, 1.82) is 0 Å². The lowest BCUT2D eigenvalue weighted by molar-refractivity contribution is 0.704. The Morgan fingerprint density at radius 2 is 1.83 bits per heavy atom. The van der Waals surface area contributed by atoms with Crippen molar-refractivity contribution in [2.75, 3.05) is 7.05 Å². The van der Waals surface area contributed by atoms with Crippen LogP contribution in [0.1, 0.15) is 16.5 Å². The molecule has 0 bridgehead atoms. The normalized spacial score (nSPS) is 12.7. The maximum Gasteiger partial charge on any atom is 0.107 e. The highest BCUT2D eigenvalue weighted by atomic mass is 79.9. The van der Waals surface area contributed by atoms with Crippen LogP contribution in [-0.2, 0) is 0 Å². The molecule has 0 fully saturated rings. The number of hydrogen-bond donors (Lipinski definition) is 1. The van der Waals surface area contributed by atoms with E-state index in [4.69, 9.17) is 34.8 Å². The van der Waals surface area contributed by atoms with Crippen LogP contribution in [0.25, 0.3) is 0 Å². The first-order valence-corrected chi connectivity index (χ1v) is 7.84. The Kier molecular flexibility index (Phi) is 4.98. The molecule has 2 aromatic rings. The maximum absolute atomic E-state index is 6.23. The largest absolute Gasteiger partial charge is 0.309 e. The molecular weight excluding hydrogens is 376 g/mol. The van der Waals surface area contributed by atoms with E-state index in [0.29, 0.717) is 14.4 Å². The van der Waals surface area contributed by atoms with Crippen LogP contribution < -0.4 is 5.32 Å². The van der Waals surface area contributed by atoms with Crippen molar-refractivity contribution in [2.24, 2.45) is 0 Å². The molecule has 0 spiro atoms. The van der Waals surface area contributed by atoms with Gasteiger partial charge >= 0.3 is 0 Å². The minimum Gasteiger partial charge on any atom is -0.309 e. The van der Waals surface area contributed by atoms with E-state index in [2.05, 4.69) is 21.2 Å². The van der Waals surface area contributed by atoms with E-state index in [0.717, 1.165) is 14.9 Å². The van der Waals surface area contributed by atoms with Gasteiger partial charge in [-0.15, -0.1) is 11.3 Å². The molecule has 0 saturated carbocycles. The Balaban J connectivity index is 2.52. The Morgan fingerprint density at radius 3 is 2.28 bits per heavy atom. The second kappa shape index (κ2) is 6.12. The molecule has 1 nitrogen and oxygen atoms in total. The lowest BCUT2D eigenvalue weighted by atomic mass is 10.1. The van der Waals surface area contributed by atoms with Crippen molar-refractivity contribution in [1.82, 2.24) is 5.32 Å². The van der Waals surface area contributed by atoms with Crippen molar-refractivity contribution >= 4 is 62.1 Å². The van der Waals surface area contributed by atoms with Gasteiger partial charge in [-0.3, -0.25) is 0 Å². The molecule has 0 aliphatic rings. The van der Waals surface area contributed by atoms with Gasteiger partial charge in [-0.2, -0.15) is 0 Å². The second-order valence-electron chi connectivity index (χ2n) is 3.63. The summed E-state index contributed by atoms with van der Waals surface area (Å²) in [5.41, 5.74) is 0.869. The maximum atomic E-state index is 6.23. The molecule has 1 unspecified atom stereocenters. The van der Waals surface area contributed by atoms with Crippen LogP contribution in [0.3, 0.4) is 0 Å². The van der Waals surface area contributed by atoms with Crippen LogP contribution in [0.15, 0.2) is 28.7 Å². The summed E-state index contributed by atoms with van der Waals surface area (Å²) in [6.07, 6.45) is 0. The predicted molar refractivity (Wildman–Crippen MR) is 84.4 cm³/mol. The molecule has 1 heterocycles. The van der Waals surface area contributed by atoms with Gasteiger partial charge in [-0.25, -0.2) is 0 Å². The Labute approximate surface area is 133 Å². The molecule has 96 valence electrons. The summed E-state index contributed by atoms with van der Waals surface area (Å²) in [6.45, 7) is 0. The smallest absolute Gasteiger partial charge is 0.107 e. The lowest BCUT2D eigenvalue weighted by Crippen LogP contribution is -2.17. The van der Waals surface area contributed by atoms with Gasteiger partial charge in [-0.05, 0) is 41.2 Å². The summed E-state index contributed by atoms with van der Waals surface area (Å²) < 4.78 is 1.60. The lowest BCUT2D eigenvalue weighted by Gasteiger charge is -2.17. The zero-order chi connectivity index (χ0) is 13.3. The molecule has 2 rings (SSSR count). The van der Waals surface area contributed by atoms with Gasteiger partial charge in [-0.1, -0.05) is 40.9 Å². The van der Waals surface area contributed by atoms with Crippen molar-refractivity contribution < 1.29 is 0 Å². The fourth-order valence-corrected chi connectivity index (χ4v) is 4.19. The first-order chi connectivity index (χ1) is 8.54. The highest BCUT2D eigenvalue weighted by molar-refractivity contribution is 9.10. The van der Waals surface area contributed by atoms with Gasteiger partial charge in [0.2, 0.25) is 0 Å². The van der Waals surface area contributed by atoms with Gasteiger partial charge in [0.25, 0.3) is 0 Å². The van der Waals surface area contributed by atoms with Crippen LogP contribution >= 0.6 is 62.1 Å². The molecule has 18 heavy (non-hydrogen) atoms. The summed E-state index contributed by atoms with van der Waals surface area (Å²) in [4.78, 5) is 1.06. The summed E-state index contributed by atoms with van der Waals surface area (Å²) in [6, 6.07) is 7.40. The molecule has 1 N–H and O–H groups in total. The van der Waals surface area contributed by atoms with Crippen molar-refractivity contribution in [3.05, 3.63) is 53.6 Å². The minimum absolute atomic E-state index is 0.0694. The fraction of sp³-hybridized carbons (Fsp3) is 0.167.